The third-order valence-electron chi connectivity index (χ3n) is 4.42. The molecule has 0 bridgehead atoms. The molecule has 0 spiro atoms. The number of nitrogens with two attached hydrogens (primary N) is 1. The minimum atomic E-state index is -3.79. The van der Waals surface area contributed by atoms with Crippen molar-refractivity contribution in [2.75, 3.05) is 11.9 Å². The highest BCUT2D eigenvalue weighted by Gasteiger charge is 2.38. The van der Waals surface area contributed by atoms with Crippen molar-refractivity contribution in [2.45, 2.75) is 29.6 Å². The van der Waals surface area contributed by atoms with Gasteiger partial charge in [0.05, 0.1) is 0 Å². The Morgan fingerprint density at radius 1 is 1.26 bits per heavy atom. The fraction of sp³-hybridized carbons (Fsp3) is 0.312. The first-order valence-corrected chi connectivity index (χ1v) is 9.72. The summed E-state index contributed by atoms with van der Waals surface area (Å²) >= 11 is 3.51. The van der Waals surface area contributed by atoms with E-state index < -0.39 is 10.0 Å². The number of nitrogens with zero attached hydrogens (tertiary/aromatic N) is 1. The van der Waals surface area contributed by atoms with E-state index in [1.54, 1.807) is 12.3 Å². The van der Waals surface area contributed by atoms with Gasteiger partial charge in [-0.2, -0.15) is 0 Å². The zero-order chi connectivity index (χ0) is 16.5. The second-order valence-electron chi connectivity index (χ2n) is 5.89. The maximum Gasteiger partial charge on any atom is 0.241 e. The first-order chi connectivity index (χ1) is 10.9. The quantitative estimate of drug-likeness (QED) is 0.814. The van der Waals surface area contributed by atoms with Gasteiger partial charge in [-0.25, -0.2) is 18.5 Å². The molecule has 3 N–H and O–H groups in total. The first-order valence-electron chi connectivity index (χ1n) is 7.38. The molecule has 1 aromatic heterocycles. The van der Waals surface area contributed by atoms with Crippen LogP contribution in [0.25, 0.3) is 0 Å². The standard InChI is InChI=1S/C16H18BrN3O2S/c17-13-5-1-4-12(10-13)16(7-3-8-16)11-20-15-14(23(18,21)22)6-2-9-19-15/h1-2,4-6,9-10H,3,7-8,11H2,(H,19,20)(H2,18,21,22). The van der Waals surface area contributed by atoms with E-state index >= 15 is 0 Å². The molecule has 1 saturated carbocycles. The van der Waals surface area contributed by atoms with Gasteiger partial charge in [-0.05, 0) is 42.7 Å². The number of hydrogen-bond acceptors (Lipinski definition) is 4. The van der Waals surface area contributed by atoms with Crippen molar-refractivity contribution >= 4 is 31.8 Å². The average molecular weight is 396 g/mol. The van der Waals surface area contributed by atoms with E-state index in [0.29, 0.717) is 12.4 Å². The summed E-state index contributed by atoms with van der Waals surface area (Å²) in [7, 11) is -3.79. The summed E-state index contributed by atoms with van der Waals surface area (Å²) in [4.78, 5) is 4.17. The largest absolute Gasteiger partial charge is 0.368 e. The van der Waals surface area contributed by atoms with Gasteiger partial charge < -0.3 is 5.32 Å². The monoisotopic (exact) mass is 395 g/mol. The summed E-state index contributed by atoms with van der Waals surface area (Å²) < 4.78 is 24.4. The van der Waals surface area contributed by atoms with Crippen molar-refractivity contribution < 1.29 is 8.42 Å². The fourth-order valence-corrected chi connectivity index (χ4v) is 4.06. The van der Waals surface area contributed by atoms with Crippen LogP contribution in [0, 0.1) is 0 Å². The Labute approximate surface area is 144 Å². The SMILES string of the molecule is NS(=O)(=O)c1cccnc1NCC1(c2cccc(Br)c2)CCC1. The Bertz CT molecular complexity index is 820. The van der Waals surface area contributed by atoms with Crippen LogP contribution < -0.4 is 10.5 Å². The third-order valence-corrected chi connectivity index (χ3v) is 5.85. The molecule has 1 fully saturated rings. The van der Waals surface area contributed by atoms with E-state index in [1.807, 2.05) is 12.1 Å². The minimum absolute atomic E-state index is 0.0108. The lowest BCUT2D eigenvalue weighted by Gasteiger charge is -2.43. The van der Waals surface area contributed by atoms with Crippen LogP contribution in [-0.2, 0) is 15.4 Å². The number of sulfonamides is 1. The van der Waals surface area contributed by atoms with Crippen LogP contribution in [0.5, 0.6) is 0 Å². The van der Waals surface area contributed by atoms with Gasteiger partial charge in [0.1, 0.15) is 10.7 Å². The van der Waals surface area contributed by atoms with E-state index in [9.17, 15) is 8.42 Å². The molecule has 1 aliphatic rings. The lowest BCUT2D eigenvalue weighted by Crippen LogP contribution is -2.41. The summed E-state index contributed by atoms with van der Waals surface area (Å²) in [5, 5.41) is 8.46. The molecule has 122 valence electrons. The van der Waals surface area contributed by atoms with E-state index in [4.69, 9.17) is 5.14 Å². The van der Waals surface area contributed by atoms with Gasteiger partial charge in [-0.3, -0.25) is 0 Å². The molecule has 3 rings (SSSR count). The van der Waals surface area contributed by atoms with Crippen LogP contribution in [0.15, 0.2) is 52.0 Å². The Morgan fingerprint density at radius 2 is 2.04 bits per heavy atom. The molecule has 0 unspecified atom stereocenters. The molecule has 7 heteroatoms. The smallest absolute Gasteiger partial charge is 0.241 e. The van der Waals surface area contributed by atoms with Crippen molar-refractivity contribution in [3.8, 4) is 0 Å². The van der Waals surface area contributed by atoms with Gasteiger partial charge in [0.2, 0.25) is 10.0 Å². The molecule has 23 heavy (non-hydrogen) atoms. The molecule has 0 radical (unpaired) electrons. The van der Waals surface area contributed by atoms with E-state index in [1.165, 1.54) is 18.1 Å². The summed E-state index contributed by atoms with van der Waals surface area (Å²) in [6.07, 6.45) is 4.85. The molecule has 0 atom stereocenters. The molecule has 1 aromatic carbocycles. The van der Waals surface area contributed by atoms with Gasteiger partial charge in [0.25, 0.3) is 0 Å². The number of halogens is 1. The molecule has 0 amide bonds. The number of hydrogen-bond donors (Lipinski definition) is 2. The zero-order valence-corrected chi connectivity index (χ0v) is 14.9. The number of aromatic nitrogens is 1. The van der Waals surface area contributed by atoms with Gasteiger partial charge >= 0.3 is 0 Å². The topological polar surface area (TPSA) is 85.1 Å². The molecular weight excluding hydrogens is 378 g/mol. The molecule has 2 aromatic rings. The molecule has 1 heterocycles. The molecule has 5 nitrogen and oxygen atoms in total. The van der Waals surface area contributed by atoms with Gasteiger partial charge in [-0.15, -0.1) is 0 Å². The second-order valence-corrected chi connectivity index (χ2v) is 8.34. The Kier molecular flexibility index (Phi) is 4.44. The van der Waals surface area contributed by atoms with Gasteiger partial charge in [0.15, 0.2) is 0 Å². The van der Waals surface area contributed by atoms with E-state index in [2.05, 4.69) is 38.4 Å². The number of benzene rings is 1. The number of rotatable bonds is 5. The summed E-state index contributed by atoms with van der Waals surface area (Å²) in [5.41, 5.74) is 1.26. The predicted octanol–water partition coefficient (Wildman–Crippen LogP) is 3.03. The summed E-state index contributed by atoms with van der Waals surface area (Å²) in [5.74, 6) is 0.316. The van der Waals surface area contributed by atoms with E-state index in [0.717, 1.165) is 17.3 Å². The number of nitrogens with one attached hydrogen (secondary N) is 1. The van der Waals surface area contributed by atoms with Crippen molar-refractivity contribution in [3.05, 3.63) is 52.6 Å². The van der Waals surface area contributed by atoms with Crippen molar-refractivity contribution in [2.24, 2.45) is 5.14 Å². The highest BCUT2D eigenvalue weighted by molar-refractivity contribution is 9.10. The number of anilines is 1. The average Bonchev–Trinajstić information content (AvgIpc) is 2.46. The minimum Gasteiger partial charge on any atom is -0.368 e. The van der Waals surface area contributed by atoms with Crippen LogP contribution in [0.4, 0.5) is 5.82 Å². The number of pyridine rings is 1. The first kappa shape index (κ1) is 16.4. The van der Waals surface area contributed by atoms with Crippen LogP contribution in [0.3, 0.4) is 0 Å². The number of primary sulfonamides is 1. The van der Waals surface area contributed by atoms with Crippen molar-refractivity contribution in [1.82, 2.24) is 4.98 Å². The zero-order valence-electron chi connectivity index (χ0n) is 12.5. The highest BCUT2D eigenvalue weighted by Crippen LogP contribution is 2.44. The van der Waals surface area contributed by atoms with Crippen molar-refractivity contribution in [3.63, 3.8) is 0 Å². The van der Waals surface area contributed by atoms with Crippen LogP contribution in [0.2, 0.25) is 0 Å². The van der Waals surface area contributed by atoms with Crippen LogP contribution in [-0.4, -0.2) is 19.9 Å². The normalized spacial score (nSPS) is 16.6. The van der Waals surface area contributed by atoms with Gasteiger partial charge in [0, 0.05) is 22.6 Å². The van der Waals surface area contributed by atoms with Gasteiger partial charge in [-0.1, -0.05) is 34.5 Å². The molecule has 1 aliphatic carbocycles. The molecular formula is C16H18BrN3O2S. The Balaban J connectivity index is 1.85. The second kappa shape index (κ2) is 6.22. The lowest BCUT2D eigenvalue weighted by atomic mass is 9.64. The lowest BCUT2D eigenvalue weighted by molar-refractivity contribution is 0.260. The van der Waals surface area contributed by atoms with Crippen molar-refractivity contribution in [1.29, 1.82) is 0 Å². The third kappa shape index (κ3) is 3.41. The maximum atomic E-state index is 11.7. The molecule has 0 saturated heterocycles. The summed E-state index contributed by atoms with van der Waals surface area (Å²) in [6, 6.07) is 11.3. The maximum absolute atomic E-state index is 11.7. The van der Waals surface area contributed by atoms with Crippen LogP contribution in [0.1, 0.15) is 24.8 Å². The highest BCUT2D eigenvalue weighted by atomic mass is 79.9. The Morgan fingerprint density at radius 3 is 2.65 bits per heavy atom. The van der Waals surface area contributed by atoms with E-state index in [-0.39, 0.29) is 10.3 Å². The predicted molar refractivity (Wildman–Crippen MR) is 93.8 cm³/mol. The molecule has 0 aliphatic heterocycles. The fourth-order valence-electron chi connectivity index (χ4n) is 3.00. The Hall–Kier alpha value is -1.44. The summed E-state index contributed by atoms with van der Waals surface area (Å²) in [6.45, 7) is 0.628. The van der Waals surface area contributed by atoms with Crippen LogP contribution >= 0.6 is 15.9 Å².